The number of rotatable bonds is 3. The van der Waals surface area contributed by atoms with Gasteiger partial charge in [0.2, 0.25) is 5.91 Å². The van der Waals surface area contributed by atoms with Gasteiger partial charge in [-0.3, -0.25) is 4.79 Å². The van der Waals surface area contributed by atoms with Gasteiger partial charge in [0.05, 0.1) is 0 Å². The second-order valence-electron chi connectivity index (χ2n) is 4.22. The molecule has 1 aromatic carbocycles. The summed E-state index contributed by atoms with van der Waals surface area (Å²) in [6.45, 7) is 1.42. The van der Waals surface area contributed by atoms with E-state index in [1.165, 1.54) is 19.2 Å². The predicted molar refractivity (Wildman–Crippen MR) is 75.3 cm³/mol. The lowest BCUT2D eigenvalue weighted by atomic mass is 10.0. The molecule has 6 heteroatoms. The van der Waals surface area contributed by atoms with Crippen LogP contribution in [0.3, 0.4) is 0 Å². The molecule has 2 rings (SSSR count). The second-order valence-corrected chi connectivity index (χ2v) is 4.22. The van der Waals surface area contributed by atoms with Gasteiger partial charge in [-0.05, 0) is 23.8 Å². The van der Waals surface area contributed by atoms with Crippen molar-refractivity contribution in [3.05, 3.63) is 42.1 Å². The number of carbonyl (C=O) groups is 2. The highest BCUT2D eigenvalue weighted by Crippen LogP contribution is 2.24. The summed E-state index contributed by atoms with van der Waals surface area (Å²) >= 11 is 0. The summed E-state index contributed by atoms with van der Waals surface area (Å²) < 4.78 is 0. The van der Waals surface area contributed by atoms with Crippen molar-refractivity contribution in [3.8, 4) is 11.1 Å². The number of nitrogens with zero attached hydrogens (tertiary/aromatic N) is 1. The maximum Gasteiger partial charge on any atom is 0.339 e. The highest BCUT2D eigenvalue weighted by atomic mass is 16.4. The van der Waals surface area contributed by atoms with Crippen LogP contribution in [0, 0.1) is 0 Å². The van der Waals surface area contributed by atoms with Crippen LogP contribution in [0.4, 0.5) is 11.5 Å². The second kappa shape index (κ2) is 5.40. The number of nitrogen functional groups attached to an aromatic ring is 1. The monoisotopic (exact) mass is 271 g/mol. The highest BCUT2D eigenvalue weighted by Gasteiger charge is 2.11. The minimum atomic E-state index is -1.13. The summed E-state index contributed by atoms with van der Waals surface area (Å²) in [5.74, 6) is -1.34. The normalized spacial score (nSPS) is 10.1. The third kappa shape index (κ3) is 2.92. The van der Waals surface area contributed by atoms with Gasteiger partial charge in [-0.15, -0.1) is 0 Å². The number of hydrogen-bond acceptors (Lipinski definition) is 4. The van der Waals surface area contributed by atoms with Crippen molar-refractivity contribution in [2.45, 2.75) is 6.92 Å². The number of aromatic carboxylic acids is 1. The maximum absolute atomic E-state index is 11.0. The summed E-state index contributed by atoms with van der Waals surface area (Å²) in [4.78, 5) is 25.9. The first-order chi connectivity index (χ1) is 9.47. The molecule has 1 aromatic heterocycles. The molecule has 4 N–H and O–H groups in total. The quantitative estimate of drug-likeness (QED) is 0.791. The van der Waals surface area contributed by atoms with Crippen molar-refractivity contribution in [1.29, 1.82) is 0 Å². The van der Waals surface area contributed by atoms with Crippen LogP contribution in [0.25, 0.3) is 11.1 Å². The Morgan fingerprint density at radius 3 is 2.65 bits per heavy atom. The van der Waals surface area contributed by atoms with E-state index in [4.69, 9.17) is 10.8 Å². The van der Waals surface area contributed by atoms with Crippen LogP contribution >= 0.6 is 0 Å². The zero-order chi connectivity index (χ0) is 14.7. The van der Waals surface area contributed by atoms with Crippen LogP contribution in [-0.2, 0) is 4.79 Å². The van der Waals surface area contributed by atoms with E-state index in [0.717, 1.165) is 5.56 Å². The van der Waals surface area contributed by atoms with Gasteiger partial charge in [0, 0.05) is 24.4 Å². The van der Waals surface area contributed by atoms with Gasteiger partial charge in [-0.2, -0.15) is 0 Å². The summed E-state index contributed by atoms with van der Waals surface area (Å²) in [5.41, 5.74) is 7.45. The summed E-state index contributed by atoms with van der Waals surface area (Å²) in [6.07, 6.45) is 1.49. The van der Waals surface area contributed by atoms with Gasteiger partial charge < -0.3 is 16.2 Å². The third-order valence-corrected chi connectivity index (χ3v) is 2.67. The lowest BCUT2D eigenvalue weighted by Gasteiger charge is -2.07. The first kappa shape index (κ1) is 13.5. The number of nitrogens with one attached hydrogen (secondary N) is 1. The fraction of sp³-hybridized carbons (Fsp3) is 0.0714. The number of carboxylic acids is 1. The van der Waals surface area contributed by atoms with Crippen LogP contribution in [0.15, 0.2) is 36.5 Å². The van der Waals surface area contributed by atoms with Crippen molar-refractivity contribution < 1.29 is 14.7 Å². The molecule has 0 bridgehead atoms. The molecule has 0 aliphatic carbocycles. The molecule has 0 aliphatic rings. The molecule has 20 heavy (non-hydrogen) atoms. The molecule has 0 fully saturated rings. The molecule has 2 aromatic rings. The van der Waals surface area contributed by atoms with Gasteiger partial charge in [-0.1, -0.05) is 12.1 Å². The van der Waals surface area contributed by atoms with Crippen molar-refractivity contribution in [3.63, 3.8) is 0 Å². The number of hydrogen-bond donors (Lipinski definition) is 3. The molecule has 0 unspecified atom stereocenters. The van der Waals surface area contributed by atoms with E-state index in [1.807, 2.05) is 0 Å². The molecule has 102 valence electrons. The molecule has 1 heterocycles. The van der Waals surface area contributed by atoms with Crippen molar-refractivity contribution >= 4 is 23.4 Å². The van der Waals surface area contributed by atoms with Crippen LogP contribution in [0.2, 0.25) is 0 Å². The van der Waals surface area contributed by atoms with Crippen molar-refractivity contribution in [1.82, 2.24) is 4.98 Å². The fourth-order valence-electron chi connectivity index (χ4n) is 1.78. The molecule has 0 aliphatic heterocycles. The van der Waals surface area contributed by atoms with Crippen LogP contribution in [-0.4, -0.2) is 22.0 Å². The number of carbonyl (C=O) groups excluding carboxylic acids is 1. The van der Waals surface area contributed by atoms with E-state index in [-0.39, 0.29) is 17.3 Å². The number of amides is 1. The number of benzene rings is 1. The summed E-state index contributed by atoms with van der Waals surface area (Å²) in [7, 11) is 0. The Kier molecular flexibility index (Phi) is 3.65. The molecule has 0 spiro atoms. The highest BCUT2D eigenvalue weighted by molar-refractivity contribution is 5.94. The summed E-state index contributed by atoms with van der Waals surface area (Å²) in [5, 5.41) is 11.7. The lowest BCUT2D eigenvalue weighted by molar-refractivity contribution is -0.114. The molecule has 0 radical (unpaired) electrons. The Morgan fingerprint density at radius 1 is 1.25 bits per heavy atom. The SMILES string of the molecule is CC(=O)Nc1cccc(-c2cnc(N)c(C(=O)O)c2)c1. The Labute approximate surface area is 115 Å². The zero-order valence-electron chi connectivity index (χ0n) is 10.8. The largest absolute Gasteiger partial charge is 0.478 e. The topological polar surface area (TPSA) is 105 Å². The maximum atomic E-state index is 11.0. The molecular weight excluding hydrogens is 258 g/mol. The van der Waals surface area contributed by atoms with E-state index in [0.29, 0.717) is 11.3 Å². The minimum Gasteiger partial charge on any atom is -0.478 e. The van der Waals surface area contributed by atoms with Gasteiger partial charge >= 0.3 is 5.97 Å². The molecule has 0 atom stereocenters. The number of pyridine rings is 1. The molecule has 6 nitrogen and oxygen atoms in total. The fourth-order valence-corrected chi connectivity index (χ4v) is 1.78. The minimum absolute atomic E-state index is 0.0285. The molecule has 0 saturated carbocycles. The van der Waals surface area contributed by atoms with Crippen LogP contribution in [0.5, 0.6) is 0 Å². The van der Waals surface area contributed by atoms with Crippen LogP contribution < -0.4 is 11.1 Å². The molecular formula is C14H13N3O3. The third-order valence-electron chi connectivity index (χ3n) is 2.67. The summed E-state index contributed by atoms with van der Waals surface area (Å²) in [6, 6.07) is 8.49. The van der Waals surface area contributed by atoms with Gasteiger partial charge in [0.1, 0.15) is 11.4 Å². The Hall–Kier alpha value is -2.89. The predicted octanol–water partition coefficient (Wildman–Crippen LogP) is 1.99. The van der Waals surface area contributed by atoms with Crippen LogP contribution in [0.1, 0.15) is 17.3 Å². The number of aromatic nitrogens is 1. The van der Waals surface area contributed by atoms with Gasteiger partial charge in [0.15, 0.2) is 0 Å². The smallest absolute Gasteiger partial charge is 0.339 e. The zero-order valence-corrected chi connectivity index (χ0v) is 10.8. The van der Waals surface area contributed by atoms with E-state index in [1.54, 1.807) is 24.3 Å². The van der Waals surface area contributed by atoms with Gasteiger partial charge in [-0.25, -0.2) is 9.78 Å². The first-order valence-corrected chi connectivity index (χ1v) is 5.84. The van der Waals surface area contributed by atoms with E-state index in [2.05, 4.69) is 10.3 Å². The Morgan fingerprint density at radius 2 is 2.00 bits per heavy atom. The average Bonchev–Trinajstić information content (AvgIpc) is 2.38. The standard InChI is InChI=1S/C14H13N3O3/c1-8(18)17-11-4-2-3-9(5-11)10-6-12(14(19)20)13(15)16-7-10/h2-7H,1H3,(H2,15,16)(H,17,18)(H,19,20). The molecule has 0 saturated heterocycles. The Balaban J connectivity index is 2.43. The van der Waals surface area contributed by atoms with E-state index in [9.17, 15) is 9.59 Å². The Bertz CT molecular complexity index is 683. The van der Waals surface area contributed by atoms with E-state index < -0.39 is 5.97 Å². The average molecular weight is 271 g/mol. The van der Waals surface area contributed by atoms with Gasteiger partial charge in [0.25, 0.3) is 0 Å². The number of anilines is 2. The van der Waals surface area contributed by atoms with Crippen molar-refractivity contribution in [2.75, 3.05) is 11.1 Å². The lowest BCUT2D eigenvalue weighted by Crippen LogP contribution is -2.06. The van der Waals surface area contributed by atoms with E-state index >= 15 is 0 Å². The van der Waals surface area contributed by atoms with Crippen molar-refractivity contribution in [2.24, 2.45) is 0 Å². The first-order valence-electron chi connectivity index (χ1n) is 5.84. The number of carboxylic acid groups (broad SMARTS) is 1. The number of nitrogens with two attached hydrogens (primary N) is 1. The molecule has 1 amide bonds.